The number of aromatic nitrogens is 2. The summed E-state index contributed by atoms with van der Waals surface area (Å²) in [6.45, 7) is 4.46. The first-order chi connectivity index (χ1) is 10.0. The molecule has 0 N–H and O–H groups in total. The van der Waals surface area contributed by atoms with Gasteiger partial charge in [0.25, 0.3) is 5.91 Å². The Balaban J connectivity index is 2.93. The minimum absolute atomic E-state index is 0.111. The van der Waals surface area contributed by atoms with Crippen molar-refractivity contribution >= 4 is 23.5 Å². The van der Waals surface area contributed by atoms with Crippen LogP contribution in [0.5, 0.6) is 0 Å². The largest absolute Gasteiger partial charge is 0.468 e. The monoisotopic (exact) mass is 313 g/mol. The molecule has 0 aliphatic heterocycles. The number of halogens is 1. The molecule has 1 amide bonds. The lowest BCUT2D eigenvalue weighted by atomic mass is 10.0. The molecule has 6 nitrogen and oxygen atoms in total. The molecule has 116 valence electrons. The highest BCUT2D eigenvalue weighted by Crippen LogP contribution is 2.13. The van der Waals surface area contributed by atoms with Gasteiger partial charge in [-0.15, -0.1) is 0 Å². The molecule has 21 heavy (non-hydrogen) atoms. The van der Waals surface area contributed by atoms with Gasteiger partial charge >= 0.3 is 5.97 Å². The summed E-state index contributed by atoms with van der Waals surface area (Å²) in [4.78, 5) is 33.2. The number of hydrogen-bond acceptors (Lipinski definition) is 5. The maximum atomic E-state index is 12.5. The molecule has 0 saturated carbocycles. The first-order valence-corrected chi connectivity index (χ1v) is 7.23. The standard InChI is InChI=1S/C14H20ClN3O3/c1-4-10(5-2)8-18(9-13(19)21-3)14(20)11-6-16-7-12(15)17-11/h6-7,10H,4-5,8-9H2,1-3H3. The van der Waals surface area contributed by atoms with Crippen molar-refractivity contribution < 1.29 is 14.3 Å². The Hall–Kier alpha value is -1.69. The molecule has 1 aromatic rings. The Kier molecular flexibility index (Phi) is 7.08. The van der Waals surface area contributed by atoms with Crippen molar-refractivity contribution in [1.29, 1.82) is 0 Å². The topological polar surface area (TPSA) is 72.4 Å². The van der Waals surface area contributed by atoms with Gasteiger partial charge in [-0.3, -0.25) is 14.6 Å². The Morgan fingerprint density at radius 2 is 2.00 bits per heavy atom. The number of carbonyl (C=O) groups is 2. The van der Waals surface area contributed by atoms with Gasteiger partial charge in [0.05, 0.1) is 19.5 Å². The number of amides is 1. The normalized spacial score (nSPS) is 10.5. The SMILES string of the molecule is CCC(CC)CN(CC(=O)OC)C(=O)c1cncc(Cl)n1. The second-order valence-electron chi connectivity index (χ2n) is 4.67. The highest BCUT2D eigenvalue weighted by molar-refractivity contribution is 6.29. The van der Waals surface area contributed by atoms with Gasteiger partial charge in [0.15, 0.2) is 0 Å². The van der Waals surface area contributed by atoms with Crippen molar-refractivity contribution in [2.45, 2.75) is 26.7 Å². The lowest BCUT2D eigenvalue weighted by Crippen LogP contribution is -2.39. The maximum Gasteiger partial charge on any atom is 0.325 e. The fourth-order valence-corrected chi connectivity index (χ4v) is 2.05. The van der Waals surface area contributed by atoms with Crippen molar-refractivity contribution in [3.63, 3.8) is 0 Å². The average Bonchev–Trinajstić information content (AvgIpc) is 2.50. The molecule has 0 spiro atoms. The molecule has 0 atom stereocenters. The van der Waals surface area contributed by atoms with E-state index >= 15 is 0 Å². The summed E-state index contributed by atoms with van der Waals surface area (Å²) in [7, 11) is 1.29. The first-order valence-electron chi connectivity index (χ1n) is 6.85. The third-order valence-corrected chi connectivity index (χ3v) is 3.47. The average molecular weight is 314 g/mol. The Labute approximate surface area is 129 Å². The molecular formula is C14H20ClN3O3. The van der Waals surface area contributed by atoms with Crippen LogP contribution in [0.1, 0.15) is 37.2 Å². The number of ether oxygens (including phenoxy) is 1. The molecule has 0 unspecified atom stereocenters. The number of esters is 1. The van der Waals surface area contributed by atoms with Crippen LogP contribution in [0, 0.1) is 5.92 Å². The van der Waals surface area contributed by atoms with Crippen molar-refractivity contribution in [2.75, 3.05) is 20.2 Å². The van der Waals surface area contributed by atoms with Gasteiger partial charge in [0.1, 0.15) is 17.4 Å². The van der Waals surface area contributed by atoms with Crippen molar-refractivity contribution in [2.24, 2.45) is 5.92 Å². The molecular weight excluding hydrogens is 294 g/mol. The van der Waals surface area contributed by atoms with E-state index in [9.17, 15) is 9.59 Å². The van der Waals surface area contributed by atoms with Gasteiger partial charge in [0.2, 0.25) is 0 Å². The summed E-state index contributed by atoms with van der Waals surface area (Å²) in [6.07, 6.45) is 4.53. The molecule has 0 radical (unpaired) electrons. The third kappa shape index (κ3) is 5.30. The molecule has 1 rings (SSSR count). The number of methoxy groups -OCH3 is 1. The third-order valence-electron chi connectivity index (χ3n) is 3.29. The van der Waals surface area contributed by atoms with Crippen LogP contribution in [0.15, 0.2) is 12.4 Å². The van der Waals surface area contributed by atoms with Crippen LogP contribution >= 0.6 is 11.6 Å². The zero-order valence-corrected chi connectivity index (χ0v) is 13.3. The molecule has 0 aliphatic rings. The van der Waals surface area contributed by atoms with Crippen LogP contribution in [0.2, 0.25) is 5.15 Å². The summed E-state index contributed by atoms with van der Waals surface area (Å²) in [5.41, 5.74) is 0.123. The zero-order chi connectivity index (χ0) is 15.8. The molecule has 1 heterocycles. The highest BCUT2D eigenvalue weighted by Gasteiger charge is 2.23. The second kappa shape index (κ2) is 8.56. The Morgan fingerprint density at radius 3 is 2.52 bits per heavy atom. The predicted molar refractivity (Wildman–Crippen MR) is 79.0 cm³/mol. The van der Waals surface area contributed by atoms with Crippen LogP contribution < -0.4 is 0 Å². The fourth-order valence-electron chi connectivity index (χ4n) is 1.91. The number of rotatable bonds is 7. The summed E-state index contributed by atoms with van der Waals surface area (Å²) < 4.78 is 4.64. The van der Waals surface area contributed by atoms with Gasteiger partial charge < -0.3 is 9.64 Å². The van der Waals surface area contributed by atoms with Crippen LogP contribution in [0.3, 0.4) is 0 Å². The van der Waals surface area contributed by atoms with Crippen LogP contribution in [-0.2, 0) is 9.53 Å². The molecule has 0 fully saturated rings. The van der Waals surface area contributed by atoms with E-state index in [0.29, 0.717) is 12.5 Å². The van der Waals surface area contributed by atoms with Crippen LogP contribution in [-0.4, -0.2) is 46.9 Å². The van der Waals surface area contributed by atoms with Crippen LogP contribution in [0.25, 0.3) is 0 Å². The summed E-state index contributed by atoms with van der Waals surface area (Å²) in [5, 5.41) is 0.140. The lowest BCUT2D eigenvalue weighted by Gasteiger charge is -2.25. The fraction of sp³-hybridized carbons (Fsp3) is 0.571. The van der Waals surface area contributed by atoms with E-state index in [0.717, 1.165) is 12.8 Å². The second-order valence-corrected chi connectivity index (χ2v) is 5.06. The van der Waals surface area contributed by atoms with E-state index in [4.69, 9.17) is 11.6 Å². The van der Waals surface area contributed by atoms with E-state index in [1.54, 1.807) is 0 Å². The van der Waals surface area contributed by atoms with Gasteiger partial charge in [-0.1, -0.05) is 38.3 Å². The molecule has 7 heteroatoms. The van der Waals surface area contributed by atoms with Crippen LogP contribution in [0.4, 0.5) is 0 Å². The summed E-state index contributed by atoms with van der Waals surface area (Å²) in [5.74, 6) is -0.530. The lowest BCUT2D eigenvalue weighted by molar-refractivity contribution is -0.141. The first kappa shape index (κ1) is 17.4. The number of nitrogens with zero attached hydrogens (tertiary/aromatic N) is 3. The van der Waals surface area contributed by atoms with E-state index in [1.165, 1.54) is 24.4 Å². The minimum Gasteiger partial charge on any atom is -0.468 e. The molecule has 0 saturated heterocycles. The zero-order valence-electron chi connectivity index (χ0n) is 12.5. The van der Waals surface area contributed by atoms with Gasteiger partial charge in [-0.05, 0) is 5.92 Å². The molecule has 1 aromatic heterocycles. The van der Waals surface area contributed by atoms with E-state index in [1.807, 2.05) is 13.8 Å². The Bertz CT molecular complexity index is 492. The molecule has 0 aromatic carbocycles. The minimum atomic E-state index is -0.468. The van der Waals surface area contributed by atoms with Gasteiger partial charge in [-0.25, -0.2) is 4.98 Å². The molecule has 0 aliphatic carbocycles. The summed E-state index contributed by atoms with van der Waals surface area (Å²) in [6, 6.07) is 0. The Morgan fingerprint density at radius 1 is 1.33 bits per heavy atom. The van der Waals surface area contributed by atoms with Crippen molar-refractivity contribution in [3.05, 3.63) is 23.2 Å². The quantitative estimate of drug-likeness (QED) is 0.721. The van der Waals surface area contributed by atoms with Gasteiger partial charge in [-0.2, -0.15) is 0 Å². The smallest absolute Gasteiger partial charge is 0.325 e. The van der Waals surface area contributed by atoms with Gasteiger partial charge in [0, 0.05) is 6.54 Å². The van der Waals surface area contributed by atoms with E-state index in [-0.39, 0.29) is 23.3 Å². The van der Waals surface area contributed by atoms with Crippen molar-refractivity contribution in [3.8, 4) is 0 Å². The maximum absolute atomic E-state index is 12.5. The van der Waals surface area contributed by atoms with Crippen molar-refractivity contribution in [1.82, 2.24) is 14.9 Å². The van der Waals surface area contributed by atoms with E-state index in [2.05, 4.69) is 14.7 Å². The number of carbonyl (C=O) groups excluding carboxylic acids is 2. The predicted octanol–water partition coefficient (Wildman–Crippen LogP) is 2.18. The molecule has 0 bridgehead atoms. The number of hydrogen-bond donors (Lipinski definition) is 0. The highest BCUT2D eigenvalue weighted by atomic mass is 35.5. The summed E-state index contributed by atoms with van der Waals surface area (Å²) >= 11 is 5.75. The van der Waals surface area contributed by atoms with E-state index < -0.39 is 5.97 Å².